The minimum Gasteiger partial charge on any atom is -0.475 e. The molecule has 0 atom stereocenters. The third kappa shape index (κ3) is 3.78. The third-order valence-electron chi connectivity index (χ3n) is 1.72. The van der Waals surface area contributed by atoms with Crippen molar-refractivity contribution < 1.29 is 23.4 Å². The van der Waals surface area contributed by atoms with Crippen LogP contribution in [0.1, 0.15) is 5.56 Å². The van der Waals surface area contributed by atoms with Gasteiger partial charge in [0.1, 0.15) is 0 Å². The highest BCUT2D eigenvalue weighted by Gasteiger charge is 2.40. The molecule has 0 radical (unpaired) electrons. The number of hydrogen-bond acceptors (Lipinski definition) is 2. The van der Waals surface area contributed by atoms with Crippen molar-refractivity contribution in [2.45, 2.75) is 6.11 Å². The summed E-state index contributed by atoms with van der Waals surface area (Å²) in [5.41, 5.74) is 0.824. The Hall–Kier alpha value is -1.75. The number of hydrogen-bond donors (Lipinski definition) is 1. The quantitative estimate of drug-likeness (QED) is 0.841. The predicted molar refractivity (Wildman–Crippen MR) is 54.0 cm³/mol. The lowest BCUT2D eigenvalue weighted by Crippen LogP contribution is -2.31. The van der Waals surface area contributed by atoms with Crippen LogP contribution >= 0.6 is 0 Å². The summed E-state index contributed by atoms with van der Waals surface area (Å²) >= 11 is 0. The number of carboxylic acids is 1. The molecule has 5 heteroatoms. The first kappa shape index (κ1) is 12.3. The Morgan fingerprint density at radius 3 is 2.56 bits per heavy atom. The maximum absolute atomic E-state index is 12.4. The molecule has 0 aliphatic carbocycles. The molecule has 0 saturated carbocycles. The van der Waals surface area contributed by atoms with Gasteiger partial charge in [-0.25, -0.2) is 4.79 Å². The van der Waals surface area contributed by atoms with Gasteiger partial charge in [-0.3, -0.25) is 0 Å². The smallest absolute Gasteiger partial charge is 0.456 e. The van der Waals surface area contributed by atoms with Crippen LogP contribution in [0.5, 0.6) is 0 Å². The summed E-state index contributed by atoms with van der Waals surface area (Å²) in [5, 5.41) is 8.06. The van der Waals surface area contributed by atoms with Gasteiger partial charge in [0.2, 0.25) is 0 Å². The molecule has 0 spiro atoms. The fraction of sp³-hybridized carbons (Fsp3) is 0.182. The van der Waals surface area contributed by atoms with Crippen LogP contribution in [0.3, 0.4) is 0 Å². The molecular formula is C11H10F2O3. The Morgan fingerprint density at radius 1 is 1.38 bits per heavy atom. The van der Waals surface area contributed by atoms with Crippen molar-refractivity contribution in [3.05, 3.63) is 42.0 Å². The second kappa shape index (κ2) is 5.37. The lowest BCUT2D eigenvalue weighted by Gasteiger charge is -2.09. The summed E-state index contributed by atoms with van der Waals surface area (Å²) < 4.78 is 28.7. The van der Waals surface area contributed by atoms with E-state index >= 15 is 0 Å². The number of carboxylic acid groups (broad SMARTS) is 1. The number of halogens is 2. The van der Waals surface area contributed by atoms with Gasteiger partial charge >= 0.3 is 12.1 Å². The van der Waals surface area contributed by atoms with Gasteiger partial charge in [0.05, 0.1) is 6.61 Å². The summed E-state index contributed by atoms with van der Waals surface area (Å²) in [5.74, 6) is -2.29. The lowest BCUT2D eigenvalue weighted by atomic mass is 10.2. The van der Waals surface area contributed by atoms with Gasteiger partial charge in [0.25, 0.3) is 0 Å². The molecule has 1 rings (SSSR count). The van der Waals surface area contributed by atoms with Gasteiger partial charge in [-0.1, -0.05) is 42.5 Å². The van der Waals surface area contributed by atoms with Crippen LogP contribution in [0, 0.1) is 0 Å². The van der Waals surface area contributed by atoms with Gasteiger partial charge in [-0.05, 0) is 5.56 Å². The van der Waals surface area contributed by atoms with Gasteiger partial charge in [0, 0.05) is 0 Å². The monoisotopic (exact) mass is 228 g/mol. The SMILES string of the molecule is O=C(O)C(F)(F)OCC=Cc1ccccc1. The van der Waals surface area contributed by atoms with E-state index in [-0.39, 0.29) is 0 Å². The Kier molecular flexibility index (Phi) is 4.13. The van der Waals surface area contributed by atoms with E-state index in [2.05, 4.69) is 4.74 Å². The van der Waals surface area contributed by atoms with E-state index < -0.39 is 18.7 Å². The van der Waals surface area contributed by atoms with Crippen LogP contribution in [0.4, 0.5) is 8.78 Å². The molecule has 3 nitrogen and oxygen atoms in total. The average Bonchev–Trinajstić information content (AvgIpc) is 2.26. The highest BCUT2D eigenvalue weighted by atomic mass is 19.3. The molecule has 0 saturated heterocycles. The summed E-state index contributed by atoms with van der Waals surface area (Å²) in [6.07, 6.45) is -1.24. The van der Waals surface area contributed by atoms with E-state index in [0.29, 0.717) is 0 Å². The maximum Gasteiger partial charge on any atom is 0.456 e. The van der Waals surface area contributed by atoms with Crippen molar-refractivity contribution in [2.24, 2.45) is 0 Å². The van der Waals surface area contributed by atoms with E-state index in [1.807, 2.05) is 6.07 Å². The van der Waals surface area contributed by atoms with Crippen molar-refractivity contribution in [1.82, 2.24) is 0 Å². The molecule has 0 aliphatic heterocycles. The third-order valence-corrected chi connectivity index (χ3v) is 1.72. The Bertz CT molecular complexity index is 374. The molecule has 0 aliphatic rings. The first-order chi connectivity index (χ1) is 7.52. The standard InChI is InChI=1S/C11H10F2O3/c12-11(13,10(14)15)16-8-4-7-9-5-2-1-3-6-9/h1-7H,8H2,(H,14,15). The normalized spacial score (nSPS) is 11.9. The molecule has 0 fully saturated rings. The minimum atomic E-state index is -4.14. The maximum atomic E-state index is 12.4. The van der Waals surface area contributed by atoms with E-state index in [1.54, 1.807) is 30.3 Å². The zero-order valence-corrected chi connectivity index (χ0v) is 8.27. The number of ether oxygens (including phenoxy) is 1. The van der Waals surface area contributed by atoms with Crippen LogP contribution in [0.15, 0.2) is 36.4 Å². The second-order valence-electron chi connectivity index (χ2n) is 2.95. The van der Waals surface area contributed by atoms with Crippen molar-refractivity contribution >= 4 is 12.0 Å². The molecular weight excluding hydrogens is 218 g/mol. The summed E-state index contributed by atoms with van der Waals surface area (Å²) in [4.78, 5) is 9.99. The van der Waals surface area contributed by atoms with Crippen molar-refractivity contribution in [1.29, 1.82) is 0 Å². The largest absolute Gasteiger partial charge is 0.475 e. The molecule has 86 valence electrons. The molecule has 1 aromatic rings. The number of rotatable bonds is 5. The van der Waals surface area contributed by atoms with Crippen LogP contribution in [0.2, 0.25) is 0 Å². The summed E-state index contributed by atoms with van der Waals surface area (Å²) in [7, 11) is 0. The molecule has 16 heavy (non-hydrogen) atoms. The zero-order valence-electron chi connectivity index (χ0n) is 8.27. The topological polar surface area (TPSA) is 46.5 Å². The molecule has 0 amide bonds. The van der Waals surface area contributed by atoms with Crippen molar-refractivity contribution in [3.8, 4) is 0 Å². The van der Waals surface area contributed by atoms with E-state index in [0.717, 1.165) is 5.56 Å². The van der Waals surface area contributed by atoms with Crippen LogP contribution < -0.4 is 0 Å². The molecule has 1 aromatic carbocycles. The Morgan fingerprint density at radius 2 is 2.00 bits per heavy atom. The number of alkyl halides is 2. The van der Waals surface area contributed by atoms with E-state index in [1.165, 1.54) is 6.08 Å². The van der Waals surface area contributed by atoms with Gasteiger partial charge in [0.15, 0.2) is 0 Å². The number of carbonyl (C=O) groups is 1. The van der Waals surface area contributed by atoms with Crippen LogP contribution in [0.25, 0.3) is 6.08 Å². The molecule has 0 unspecified atom stereocenters. The van der Waals surface area contributed by atoms with Crippen molar-refractivity contribution in [3.63, 3.8) is 0 Å². The first-order valence-corrected chi connectivity index (χ1v) is 4.49. The zero-order chi connectivity index (χ0) is 12.0. The van der Waals surface area contributed by atoms with E-state index in [4.69, 9.17) is 5.11 Å². The minimum absolute atomic E-state index is 0.464. The van der Waals surface area contributed by atoms with Gasteiger partial charge < -0.3 is 9.84 Å². The average molecular weight is 228 g/mol. The summed E-state index contributed by atoms with van der Waals surface area (Å²) in [6.45, 7) is -0.464. The first-order valence-electron chi connectivity index (χ1n) is 4.49. The predicted octanol–water partition coefficient (Wildman–Crippen LogP) is 2.39. The van der Waals surface area contributed by atoms with Crippen molar-refractivity contribution in [2.75, 3.05) is 6.61 Å². The van der Waals surface area contributed by atoms with Crippen LogP contribution in [-0.2, 0) is 9.53 Å². The molecule has 0 heterocycles. The highest BCUT2D eigenvalue weighted by Crippen LogP contribution is 2.15. The van der Waals surface area contributed by atoms with Crippen LogP contribution in [-0.4, -0.2) is 23.8 Å². The number of aliphatic carboxylic acids is 1. The van der Waals surface area contributed by atoms with Gasteiger partial charge in [-0.15, -0.1) is 0 Å². The van der Waals surface area contributed by atoms with Gasteiger partial charge in [-0.2, -0.15) is 8.78 Å². The lowest BCUT2D eigenvalue weighted by molar-refractivity contribution is -0.241. The fourth-order valence-electron chi connectivity index (χ4n) is 0.963. The van der Waals surface area contributed by atoms with E-state index in [9.17, 15) is 13.6 Å². The molecule has 1 N–H and O–H groups in total. The summed E-state index contributed by atoms with van der Waals surface area (Å²) in [6, 6.07) is 8.99. The molecule has 0 aromatic heterocycles. The Labute approximate surface area is 91.0 Å². The highest BCUT2D eigenvalue weighted by molar-refractivity contribution is 5.73. The molecule has 0 bridgehead atoms. The fourth-order valence-corrected chi connectivity index (χ4v) is 0.963. The Balaban J connectivity index is 2.42. The second-order valence-corrected chi connectivity index (χ2v) is 2.95. The number of benzene rings is 1.